The van der Waals surface area contributed by atoms with E-state index in [1.165, 1.54) is 0 Å². The summed E-state index contributed by atoms with van der Waals surface area (Å²) in [5.41, 5.74) is 0. The molecule has 0 aromatic carbocycles. The van der Waals surface area contributed by atoms with Crippen LogP contribution in [0.2, 0.25) is 0 Å². The number of rotatable bonds is 0. The quantitative estimate of drug-likeness (QED) is 0.326. The van der Waals surface area contributed by atoms with E-state index in [1.54, 1.807) is 12.2 Å². The Morgan fingerprint density at radius 1 is 0.583 bits per heavy atom. The molecule has 2 rings (SSSR count). The number of hydrogen-bond donors (Lipinski definition) is 4. The first-order valence-electron chi connectivity index (χ1n) is 4.03. The predicted octanol–water partition coefficient (Wildman–Crippen LogP) is -1.75. The predicted molar refractivity (Wildman–Crippen MR) is 40.1 cm³/mol. The van der Waals surface area contributed by atoms with E-state index < -0.39 is 24.4 Å². The SMILES string of the molecule is O[C@H]1[C@H](O)[C@H](O)[C@H]2C=C[C@H]2[C@@H]1O. The van der Waals surface area contributed by atoms with E-state index in [0.717, 1.165) is 0 Å². The van der Waals surface area contributed by atoms with Crippen LogP contribution in [0.25, 0.3) is 0 Å². The number of hydrogen-bond acceptors (Lipinski definition) is 4. The van der Waals surface area contributed by atoms with Gasteiger partial charge in [-0.2, -0.15) is 0 Å². The summed E-state index contributed by atoms with van der Waals surface area (Å²) < 4.78 is 0. The zero-order chi connectivity index (χ0) is 8.88. The van der Waals surface area contributed by atoms with Crippen molar-refractivity contribution in [2.45, 2.75) is 24.4 Å². The Labute approximate surface area is 69.8 Å². The van der Waals surface area contributed by atoms with Crippen LogP contribution in [-0.2, 0) is 0 Å². The van der Waals surface area contributed by atoms with Crippen LogP contribution < -0.4 is 0 Å². The fourth-order valence-electron chi connectivity index (χ4n) is 1.91. The minimum absolute atomic E-state index is 0.196. The molecule has 0 spiro atoms. The average Bonchev–Trinajstić information content (AvgIpc) is 1.97. The Balaban J connectivity index is 2.21. The van der Waals surface area contributed by atoms with Gasteiger partial charge in [-0.1, -0.05) is 12.2 Å². The normalized spacial score (nSPS) is 57.7. The summed E-state index contributed by atoms with van der Waals surface area (Å²) in [7, 11) is 0. The molecule has 6 atom stereocenters. The number of aliphatic hydroxyl groups is 4. The maximum absolute atomic E-state index is 9.38. The van der Waals surface area contributed by atoms with Gasteiger partial charge in [0, 0.05) is 11.8 Å². The molecule has 4 heteroatoms. The molecule has 2 aliphatic carbocycles. The van der Waals surface area contributed by atoms with E-state index in [-0.39, 0.29) is 11.8 Å². The average molecular weight is 172 g/mol. The zero-order valence-corrected chi connectivity index (χ0v) is 6.41. The first kappa shape index (κ1) is 8.19. The second-order valence-corrected chi connectivity index (χ2v) is 3.50. The van der Waals surface area contributed by atoms with E-state index in [2.05, 4.69) is 0 Å². The minimum Gasteiger partial charge on any atom is -0.390 e. The summed E-state index contributed by atoms with van der Waals surface area (Å²) >= 11 is 0. The van der Waals surface area contributed by atoms with Gasteiger partial charge in [-0.05, 0) is 0 Å². The van der Waals surface area contributed by atoms with Gasteiger partial charge in [-0.15, -0.1) is 0 Å². The summed E-state index contributed by atoms with van der Waals surface area (Å²) in [6.07, 6.45) is -0.865. The van der Waals surface area contributed by atoms with Crippen LogP contribution in [0.4, 0.5) is 0 Å². The van der Waals surface area contributed by atoms with E-state index in [0.29, 0.717) is 0 Å². The molecule has 0 unspecified atom stereocenters. The molecule has 0 heterocycles. The fraction of sp³-hybridized carbons (Fsp3) is 0.750. The summed E-state index contributed by atoms with van der Waals surface area (Å²) in [5.74, 6) is -0.392. The van der Waals surface area contributed by atoms with Crippen molar-refractivity contribution in [2.24, 2.45) is 11.8 Å². The first-order chi connectivity index (χ1) is 5.63. The Kier molecular flexibility index (Phi) is 1.73. The standard InChI is InChI=1S/C8H12O4/c9-5-3-1-2-4(3)6(10)8(12)7(5)11/h1-12H/t3-,4+,5+,6-,7-,8-/m1/s1. The van der Waals surface area contributed by atoms with Gasteiger partial charge in [0.1, 0.15) is 12.2 Å². The third kappa shape index (κ3) is 0.863. The fourth-order valence-corrected chi connectivity index (χ4v) is 1.91. The van der Waals surface area contributed by atoms with Gasteiger partial charge in [-0.3, -0.25) is 0 Å². The summed E-state index contributed by atoms with van der Waals surface area (Å²) in [6, 6.07) is 0. The smallest absolute Gasteiger partial charge is 0.109 e. The highest BCUT2D eigenvalue weighted by Crippen LogP contribution is 2.39. The second kappa shape index (κ2) is 2.53. The van der Waals surface area contributed by atoms with Gasteiger partial charge in [0.2, 0.25) is 0 Å². The van der Waals surface area contributed by atoms with Crippen LogP contribution in [0, 0.1) is 11.8 Å². The molecule has 68 valence electrons. The van der Waals surface area contributed by atoms with Crippen LogP contribution >= 0.6 is 0 Å². The lowest BCUT2D eigenvalue weighted by molar-refractivity contribution is -0.171. The van der Waals surface area contributed by atoms with E-state index in [1.807, 2.05) is 0 Å². The van der Waals surface area contributed by atoms with E-state index in [4.69, 9.17) is 0 Å². The lowest BCUT2D eigenvalue weighted by Gasteiger charge is -2.46. The summed E-state index contributed by atoms with van der Waals surface area (Å²) in [5, 5.41) is 37.3. The van der Waals surface area contributed by atoms with Gasteiger partial charge in [0.25, 0.3) is 0 Å². The van der Waals surface area contributed by atoms with Crippen molar-refractivity contribution in [1.29, 1.82) is 0 Å². The van der Waals surface area contributed by atoms with Crippen molar-refractivity contribution in [2.75, 3.05) is 0 Å². The Bertz CT molecular complexity index is 193. The highest BCUT2D eigenvalue weighted by atomic mass is 16.4. The van der Waals surface area contributed by atoms with Crippen molar-refractivity contribution < 1.29 is 20.4 Å². The van der Waals surface area contributed by atoms with Gasteiger partial charge >= 0.3 is 0 Å². The largest absolute Gasteiger partial charge is 0.390 e. The molecule has 0 radical (unpaired) electrons. The van der Waals surface area contributed by atoms with Gasteiger partial charge in [0.05, 0.1) is 12.2 Å². The lowest BCUT2D eigenvalue weighted by atomic mass is 9.66. The summed E-state index contributed by atoms with van der Waals surface area (Å²) in [4.78, 5) is 0. The van der Waals surface area contributed by atoms with Crippen molar-refractivity contribution in [1.82, 2.24) is 0 Å². The maximum Gasteiger partial charge on any atom is 0.109 e. The highest BCUT2D eigenvalue weighted by molar-refractivity contribution is 5.19. The highest BCUT2D eigenvalue weighted by Gasteiger charge is 2.49. The number of aliphatic hydroxyl groups excluding tert-OH is 4. The molecule has 4 N–H and O–H groups in total. The molecule has 0 bridgehead atoms. The molecule has 4 nitrogen and oxygen atoms in total. The van der Waals surface area contributed by atoms with Crippen LogP contribution in [0.3, 0.4) is 0 Å². The maximum atomic E-state index is 9.38. The van der Waals surface area contributed by atoms with Crippen LogP contribution in [0.5, 0.6) is 0 Å². The van der Waals surface area contributed by atoms with Crippen LogP contribution in [0.1, 0.15) is 0 Å². The van der Waals surface area contributed by atoms with Crippen LogP contribution in [0.15, 0.2) is 12.2 Å². The van der Waals surface area contributed by atoms with Crippen molar-refractivity contribution in [3.8, 4) is 0 Å². The monoisotopic (exact) mass is 172 g/mol. The van der Waals surface area contributed by atoms with Crippen LogP contribution in [-0.4, -0.2) is 44.8 Å². The molecule has 12 heavy (non-hydrogen) atoms. The third-order valence-corrected chi connectivity index (χ3v) is 2.84. The van der Waals surface area contributed by atoms with E-state index in [9.17, 15) is 20.4 Å². The second-order valence-electron chi connectivity index (χ2n) is 3.50. The molecular formula is C8H12O4. The van der Waals surface area contributed by atoms with Crippen molar-refractivity contribution >= 4 is 0 Å². The van der Waals surface area contributed by atoms with Crippen molar-refractivity contribution in [3.05, 3.63) is 12.2 Å². The zero-order valence-electron chi connectivity index (χ0n) is 6.41. The molecule has 2 aliphatic rings. The molecule has 0 amide bonds. The van der Waals surface area contributed by atoms with Gasteiger partial charge in [-0.25, -0.2) is 0 Å². The third-order valence-electron chi connectivity index (χ3n) is 2.84. The summed E-state index contributed by atoms with van der Waals surface area (Å²) in [6.45, 7) is 0. The Morgan fingerprint density at radius 2 is 0.917 bits per heavy atom. The molecular weight excluding hydrogens is 160 g/mol. The number of fused-ring (bicyclic) bond motifs is 1. The molecule has 0 saturated heterocycles. The Hall–Kier alpha value is -0.420. The van der Waals surface area contributed by atoms with Crippen molar-refractivity contribution in [3.63, 3.8) is 0 Å². The molecule has 0 aromatic rings. The minimum atomic E-state index is -1.23. The molecule has 0 aromatic heterocycles. The molecule has 0 aliphatic heterocycles. The van der Waals surface area contributed by atoms with Gasteiger partial charge in [0.15, 0.2) is 0 Å². The Morgan fingerprint density at radius 3 is 1.17 bits per heavy atom. The lowest BCUT2D eigenvalue weighted by Crippen LogP contribution is -2.59. The molecule has 1 fully saturated rings. The van der Waals surface area contributed by atoms with E-state index >= 15 is 0 Å². The molecule has 1 saturated carbocycles. The topological polar surface area (TPSA) is 80.9 Å². The van der Waals surface area contributed by atoms with Gasteiger partial charge < -0.3 is 20.4 Å². The first-order valence-corrected chi connectivity index (χ1v) is 4.03.